The summed E-state index contributed by atoms with van der Waals surface area (Å²) in [5.74, 6) is -3.72. The van der Waals surface area contributed by atoms with Crippen molar-refractivity contribution >= 4 is 41.7 Å². The average molecular weight is 436 g/mol. The van der Waals surface area contributed by atoms with Gasteiger partial charge < -0.3 is 19.6 Å². The van der Waals surface area contributed by atoms with E-state index in [1.165, 1.54) is 19.1 Å². The summed E-state index contributed by atoms with van der Waals surface area (Å²) >= 11 is 0. The van der Waals surface area contributed by atoms with Crippen LogP contribution in [0.5, 0.6) is 0 Å². The summed E-state index contributed by atoms with van der Waals surface area (Å²) in [4.78, 5) is 60.2. The zero-order chi connectivity index (χ0) is 21.1. The van der Waals surface area contributed by atoms with Gasteiger partial charge in [-0.25, -0.2) is 0 Å². The molecule has 2 aromatic rings. The molecular formula is C20H18ClNO8. The van der Waals surface area contributed by atoms with Crippen molar-refractivity contribution in [2.24, 2.45) is 5.73 Å². The van der Waals surface area contributed by atoms with Crippen LogP contribution in [0.4, 0.5) is 0 Å². The summed E-state index contributed by atoms with van der Waals surface area (Å²) in [5, 5.41) is 0. The molecule has 0 aliphatic heterocycles. The van der Waals surface area contributed by atoms with Crippen LogP contribution in [0.3, 0.4) is 0 Å². The third-order valence-corrected chi connectivity index (χ3v) is 4.14. The van der Waals surface area contributed by atoms with Gasteiger partial charge in [-0.05, 0) is 13.0 Å². The minimum absolute atomic E-state index is 0. The SMILES string of the molecule is C[C@H](N)C(=O)OCCOC(=O)CC(=O)c1cc2c(o1)C(=O)c1ccccc1C2=O.Cl. The molecule has 158 valence electrons. The van der Waals surface area contributed by atoms with Gasteiger partial charge in [0.1, 0.15) is 25.7 Å². The van der Waals surface area contributed by atoms with Gasteiger partial charge >= 0.3 is 11.9 Å². The Morgan fingerprint density at radius 3 is 2.23 bits per heavy atom. The molecule has 0 saturated heterocycles. The second-order valence-corrected chi connectivity index (χ2v) is 6.33. The number of furan rings is 1. The van der Waals surface area contributed by atoms with Crippen LogP contribution in [0.25, 0.3) is 0 Å². The van der Waals surface area contributed by atoms with Crippen LogP contribution >= 0.6 is 12.4 Å². The van der Waals surface area contributed by atoms with Crippen LogP contribution in [0.1, 0.15) is 55.9 Å². The number of esters is 2. The van der Waals surface area contributed by atoms with Gasteiger partial charge in [0.2, 0.25) is 11.6 Å². The first kappa shape index (κ1) is 23.0. The van der Waals surface area contributed by atoms with E-state index in [1.54, 1.807) is 12.1 Å². The van der Waals surface area contributed by atoms with E-state index >= 15 is 0 Å². The molecule has 9 nitrogen and oxygen atoms in total. The van der Waals surface area contributed by atoms with E-state index in [4.69, 9.17) is 19.6 Å². The Bertz CT molecular complexity index is 971. The third kappa shape index (κ3) is 4.64. The first-order chi connectivity index (χ1) is 13.8. The van der Waals surface area contributed by atoms with Crippen molar-refractivity contribution in [2.75, 3.05) is 13.2 Å². The highest BCUT2D eigenvalue weighted by Gasteiger charge is 2.34. The quantitative estimate of drug-likeness (QED) is 0.252. The molecule has 1 aromatic carbocycles. The Balaban J connectivity index is 0.00000320. The van der Waals surface area contributed by atoms with Gasteiger partial charge in [0.15, 0.2) is 17.3 Å². The van der Waals surface area contributed by atoms with Gasteiger partial charge in [-0.15, -0.1) is 12.4 Å². The lowest BCUT2D eigenvalue weighted by atomic mass is 9.88. The van der Waals surface area contributed by atoms with Crippen molar-refractivity contribution in [1.29, 1.82) is 0 Å². The molecule has 10 heteroatoms. The molecule has 0 bridgehead atoms. The van der Waals surface area contributed by atoms with Gasteiger partial charge in [0, 0.05) is 11.1 Å². The number of Topliss-reactive ketones (excluding diaryl/α,β-unsaturated/α-hetero) is 1. The van der Waals surface area contributed by atoms with E-state index in [9.17, 15) is 24.0 Å². The van der Waals surface area contributed by atoms with Crippen LogP contribution in [-0.2, 0) is 19.1 Å². The Labute approximate surface area is 176 Å². The lowest BCUT2D eigenvalue weighted by Gasteiger charge is -2.11. The molecule has 0 amide bonds. The van der Waals surface area contributed by atoms with Crippen molar-refractivity contribution in [2.45, 2.75) is 19.4 Å². The highest BCUT2D eigenvalue weighted by molar-refractivity contribution is 6.28. The highest BCUT2D eigenvalue weighted by atomic mass is 35.5. The molecule has 0 radical (unpaired) electrons. The largest absolute Gasteiger partial charge is 0.462 e. The molecule has 1 aromatic heterocycles. The van der Waals surface area contributed by atoms with Crippen LogP contribution < -0.4 is 5.73 Å². The maximum atomic E-state index is 12.5. The zero-order valence-electron chi connectivity index (χ0n) is 15.8. The van der Waals surface area contributed by atoms with E-state index in [2.05, 4.69) is 0 Å². The van der Waals surface area contributed by atoms with E-state index in [0.29, 0.717) is 0 Å². The number of ether oxygens (including phenoxy) is 2. The smallest absolute Gasteiger partial charge is 0.322 e. The fourth-order valence-electron chi connectivity index (χ4n) is 2.71. The van der Waals surface area contributed by atoms with Crippen molar-refractivity contribution in [1.82, 2.24) is 0 Å². The third-order valence-electron chi connectivity index (χ3n) is 4.14. The van der Waals surface area contributed by atoms with Crippen molar-refractivity contribution in [3.05, 3.63) is 58.5 Å². The molecule has 30 heavy (non-hydrogen) atoms. The lowest BCUT2D eigenvalue weighted by molar-refractivity contribution is -0.152. The summed E-state index contributed by atoms with van der Waals surface area (Å²) < 4.78 is 14.8. The van der Waals surface area contributed by atoms with Crippen LogP contribution in [-0.4, -0.2) is 48.5 Å². The zero-order valence-corrected chi connectivity index (χ0v) is 16.7. The number of halogens is 1. The number of benzene rings is 1. The van der Waals surface area contributed by atoms with Gasteiger partial charge in [-0.3, -0.25) is 24.0 Å². The molecule has 0 fully saturated rings. The normalized spacial score (nSPS) is 12.9. The lowest BCUT2D eigenvalue weighted by Crippen LogP contribution is -2.29. The standard InChI is InChI=1S/C20H17NO8.ClH/c1-10(21)20(26)28-7-6-27-16(23)9-14(22)15-8-13-17(24)11-4-2-3-5-12(11)18(25)19(13)29-15;/h2-5,8,10H,6-7,9,21H2,1H3;1H/t10-;/m0./s1. The number of hydrogen-bond donors (Lipinski definition) is 1. The summed E-state index contributed by atoms with van der Waals surface area (Å²) in [6, 6.07) is 6.62. The van der Waals surface area contributed by atoms with Gasteiger partial charge in [-0.2, -0.15) is 0 Å². The number of hydrogen-bond acceptors (Lipinski definition) is 9. The maximum absolute atomic E-state index is 12.5. The van der Waals surface area contributed by atoms with E-state index in [1.807, 2.05) is 0 Å². The summed E-state index contributed by atoms with van der Waals surface area (Å²) in [7, 11) is 0. The average Bonchev–Trinajstić information content (AvgIpc) is 3.15. The Morgan fingerprint density at radius 2 is 1.60 bits per heavy atom. The van der Waals surface area contributed by atoms with Crippen molar-refractivity contribution in [3.63, 3.8) is 0 Å². The predicted octanol–water partition coefficient (Wildman–Crippen LogP) is 1.48. The van der Waals surface area contributed by atoms with Crippen LogP contribution in [0.15, 0.2) is 34.7 Å². The number of nitrogens with two attached hydrogens (primary N) is 1. The maximum Gasteiger partial charge on any atom is 0.322 e. The van der Waals surface area contributed by atoms with Crippen LogP contribution in [0.2, 0.25) is 0 Å². The molecule has 1 aliphatic rings. The van der Waals surface area contributed by atoms with Gasteiger partial charge in [0.25, 0.3) is 0 Å². The van der Waals surface area contributed by atoms with Crippen molar-refractivity contribution < 1.29 is 37.9 Å². The molecule has 0 unspecified atom stereocenters. The molecular weight excluding hydrogens is 418 g/mol. The fourth-order valence-corrected chi connectivity index (χ4v) is 2.71. The molecule has 1 heterocycles. The first-order valence-electron chi connectivity index (χ1n) is 8.73. The van der Waals surface area contributed by atoms with Gasteiger partial charge in [0.05, 0.1) is 5.56 Å². The minimum atomic E-state index is -0.873. The topological polar surface area (TPSA) is 143 Å². The molecule has 0 spiro atoms. The summed E-state index contributed by atoms with van der Waals surface area (Å²) in [6.45, 7) is 1.01. The number of rotatable bonds is 7. The Kier molecular flexibility index (Phi) is 7.25. The number of fused-ring (bicyclic) bond motifs is 2. The van der Waals surface area contributed by atoms with E-state index < -0.39 is 41.8 Å². The second-order valence-electron chi connectivity index (χ2n) is 6.33. The first-order valence-corrected chi connectivity index (χ1v) is 8.73. The Morgan fingerprint density at radius 1 is 1.00 bits per heavy atom. The van der Waals surface area contributed by atoms with Crippen molar-refractivity contribution in [3.8, 4) is 0 Å². The molecule has 3 rings (SSSR count). The fraction of sp³-hybridized carbons (Fsp3) is 0.250. The minimum Gasteiger partial charge on any atom is -0.462 e. The number of carbonyl (C=O) groups is 5. The van der Waals surface area contributed by atoms with Crippen LogP contribution in [0, 0.1) is 0 Å². The van der Waals surface area contributed by atoms with Gasteiger partial charge in [-0.1, -0.05) is 24.3 Å². The summed E-state index contributed by atoms with van der Waals surface area (Å²) in [6.07, 6.45) is -0.664. The monoisotopic (exact) mass is 435 g/mol. The molecule has 1 aliphatic carbocycles. The number of ketones is 3. The predicted molar refractivity (Wildman–Crippen MR) is 104 cm³/mol. The molecule has 0 saturated carbocycles. The Hall–Kier alpha value is -3.30. The number of carbonyl (C=O) groups excluding carboxylic acids is 5. The van der Waals surface area contributed by atoms with E-state index in [-0.39, 0.29) is 53.8 Å². The second kappa shape index (κ2) is 9.47. The highest BCUT2D eigenvalue weighted by Crippen LogP contribution is 2.30. The molecule has 2 N–H and O–H groups in total. The molecule has 1 atom stereocenters. The summed E-state index contributed by atoms with van der Waals surface area (Å²) in [5.41, 5.74) is 5.71. The van der Waals surface area contributed by atoms with E-state index in [0.717, 1.165) is 6.07 Å².